The van der Waals surface area contributed by atoms with Crippen molar-refractivity contribution < 1.29 is 24.9 Å². The Morgan fingerprint density at radius 2 is 2.23 bits per heavy atom. The van der Waals surface area contributed by atoms with Crippen LogP contribution < -0.4 is 11.2 Å². The van der Waals surface area contributed by atoms with E-state index in [2.05, 4.69) is 9.97 Å². The number of hydrogen-bond acceptors (Lipinski definition) is 7. The van der Waals surface area contributed by atoms with Crippen LogP contribution in [-0.2, 0) is 4.74 Å². The number of aliphatic hydroxyl groups excluding tert-OH is 3. The van der Waals surface area contributed by atoms with Gasteiger partial charge in [-0.3, -0.25) is 14.8 Å². The summed E-state index contributed by atoms with van der Waals surface area (Å²) in [7, 11) is 0. The number of nitrogens with one attached hydrogen (secondary N) is 2. The van der Waals surface area contributed by atoms with Crippen molar-refractivity contribution in [3.63, 3.8) is 0 Å². The molecular weight excluding hydrogens is 294 g/mol. The van der Waals surface area contributed by atoms with Crippen molar-refractivity contribution in [2.75, 3.05) is 6.61 Å². The van der Waals surface area contributed by atoms with Crippen LogP contribution in [0.3, 0.4) is 0 Å². The highest BCUT2D eigenvalue weighted by molar-refractivity contribution is 5.91. The Kier molecular flexibility index (Phi) is 3.45. The molecule has 4 atom stereocenters. The van der Waals surface area contributed by atoms with Crippen LogP contribution in [0.4, 0.5) is 0 Å². The van der Waals surface area contributed by atoms with E-state index in [0.29, 0.717) is 11.0 Å². The van der Waals surface area contributed by atoms with E-state index in [-0.39, 0.29) is 11.3 Å². The largest absolute Gasteiger partial charge is 0.394 e. The molecule has 10 heteroatoms. The van der Waals surface area contributed by atoms with Crippen LogP contribution in [0.25, 0.3) is 11.0 Å². The molecule has 118 valence electrons. The fraction of sp³-hybridized carbons (Fsp3) is 0.417. The Bertz CT molecular complexity index is 784. The van der Waals surface area contributed by atoms with Crippen LogP contribution in [0, 0.1) is 5.41 Å². The highest BCUT2D eigenvalue weighted by Crippen LogP contribution is 2.31. The molecule has 22 heavy (non-hydrogen) atoms. The molecule has 1 amide bonds. The molecule has 1 aliphatic rings. The standard InChI is InChI=1S/C12H15N5O5/c13-8-4-1-2-15-10(4)17(11(16-8)9(14)21)12-7(20)6(19)5(3-18)22-12/h1-2,5-7,12-13,15,18-20H,3H2,(H2,14,21)/t5-,6+,7-,12-/m0/s1. The number of H-pyrrole nitrogens is 1. The molecule has 0 aromatic carbocycles. The third-order valence-electron chi connectivity index (χ3n) is 3.66. The first-order valence-electron chi connectivity index (χ1n) is 6.52. The summed E-state index contributed by atoms with van der Waals surface area (Å²) in [4.78, 5) is 18.3. The third kappa shape index (κ3) is 2.01. The van der Waals surface area contributed by atoms with E-state index < -0.39 is 37.1 Å². The van der Waals surface area contributed by atoms with Crippen molar-refractivity contribution in [1.82, 2.24) is 14.5 Å². The molecule has 3 rings (SSSR count). The number of hydrogen-bond donors (Lipinski definition) is 6. The predicted octanol–water partition coefficient (Wildman–Crippen LogP) is -2.45. The number of carbonyl (C=O) groups is 1. The Balaban J connectivity index is 2.24. The lowest BCUT2D eigenvalue weighted by Gasteiger charge is -2.21. The van der Waals surface area contributed by atoms with Crippen molar-refractivity contribution >= 4 is 16.9 Å². The molecular formula is C12H15N5O5. The van der Waals surface area contributed by atoms with Gasteiger partial charge >= 0.3 is 0 Å². The summed E-state index contributed by atoms with van der Waals surface area (Å²) in [5.41, 5.74) is 5.43. The first-order chi connectivity index (χ1) is 10.5. The van der Waals surface area contributed by atoms with Crippen molar-refractivity contribution in [3.8, 4) is 0 Å². The minimum Gasteiger partial charge on any atom is -0.394 e. The number of primary amides is 1. The number of amides is 1. The second kappa shape index (κ2) is 5.18. The minimum atomic E-state index is -1.40. The lowest BCUT2D eigenvalue weighted by molar-refractivity contribution is -0.0522. The first kappa shape index (κ1) is 14.7. The number of nitrogens with zero attached hydrogens (tertiary/aromatic N) is 2. The maximum Gasteiger partial charge on any atom is 0.284 e. The monoisotopic (exact) mass is 309 g/mol. The number of aromatic nitrogens is 3. The number of aromatic amines is 1. The quantitative estimate of drug-likeness (QED) is 0.367. The van der Waals surface area contributed by atoms with Crippen LogP contribution in [0.5, 0.6) is 0 Å². The summed E-state index contributed by atoms with van der Waals surface area (Å²) in [5.74, 6) is -1.21. The molecule has 0 saturated carbocycles. The van der Waals surface area contributed by atoms with E-state index in [1.165, 1.54) is 10.8 Å². The molecule has 1 saturated heterocycles. The molecule has 0 spiro atoms. The SMILES string of the molecule is N=c1nc(C(N)=O)n([C@H]2O[C@@H](CO)[C@@H](O)[C@@H]2O)c2[nH]ccc12. The summed E-state index contributed by atoms with van der Waals surface area (Å²) in [6.07, 6.45) is -3.38. The second-order valence-electron chi connectivity index (χ2n) is 4.99. The third-order valence-corrected chi connectivity index (χ3v) is 3.66. The highest BCUT2D eigenvalue weighted by atomic mass is 16.6. The van der Waals surface area contributed by atoms with E-state index in [0.717, 1.165) is 0 Å². The summed E-state index contributed by atoms with van der Waals surface area (Å²) < 4.78 is 6.61. The fourth-order valence-electron chi connectivity index (χ4n) is 2.59. The van der Waals surface area contributed by atoms with Gasteiger partial charge in [0.1, 0.15) is 24.0 Å². The van der Waals surface area contributed by atoms with Gasteiger partial charge in [0.2, 0.25) is 5.82 Å². The van der Waals surface area contributed by atoms with Crippen LogP contribution in [-0.4, -0.2) is 60.7 Å². The van der Waals surface area contributed by atoms with Gasteiger partial charge in [-0.05, 0) is 6.07 Å². The van der Waals surface area contributed by atoms with Crippen molar-refractivity contribution in [3.05, 3.63) is 23.6 Å². The fourth-order valence-corrected chi connectivity index (χ4v) is 2.59. The molecule has 10 nitrogen and oxygen atoms in total. The number of rotatable bonds is 3. The lowest BCUT2D eigenvalue weighted by Crippen LogP contribution is -2.35. The summed E-state index contributed by atoms with van der Waals surface area (Å²) in [5, 5.41) is 37.4. The summed E-state index contributed by atoms with van der Waals surface area (Å²) >= 11 is 0. The molecule has 0 radical (unpaired) electrons. The minimum absolute atomic E-state index is 0.159. The highest BCUT2D eigenvalue weighted by Gasteiger charge is 2.44. The molecule has 0 bridgehead atoms. The lowest BCUT2D eigenvalue weighted by atomic mass is 10.1. The van der Waals surface area contributed by atoms with E-state index in [4.69, 9.17) is 21.0 Å². The Hall–Kier alpha value is -2.27. The van der Waals surface area contributed by atoms with Crippen LogP contribution in [0.1, 0.15) is 16.8 Å². The van der Waals surface area contributed by atoms with Gasteiger partial charge in [-0.15, -0.1) is 0 Å². The van der Waals surface area contributed by atoms with Crippen LogP contribution in [0.2, 0.25) is 0 Å². The molecule has 1 fully saturated rings. The number of nitrogens with two attached hydrogens (primary N) is 1. The van der Waals surface area contributed by atoms with Gasteiger partial charge in [0.05, 0.1) is 12.0 Å². The molecule has 0 unspecified atom stereocenters. The molecule has 2 aromatic heterocycles. The van der Waals surface area contributed by atoms with Gasteiger partial charge in [-0.2, -0.15) is 0 Å². The average molecular weight is 309 g/mol. The maximum atomic E-state index is 11.6. The zero-order chi connectivity index (χ0) is 16.0. The van der Waals surface area contributed by atoms with Crippen molar-refractivity contribution in [1.29, 1.82) is 5.41 Å². The molecule has 7 N–H and O–H groups in total. The number of aliphatic hydroxyl groups is 3. The smallest absolute Gasteiger partial charge is 0.284 e. The van der Waals surface area contributed by atoms with Gasteiger partial charge in [-0.25, -0.2) is 4.98 Å². The second-order valence-corrected chi connectivity index (χ2v) is 4.99. The van der Waals surface area contributed by atoms with Crippen LogP contribution >= 0.6 is 0 Å². The zero-order valence-electron chi connectivity index (χ0n) is 11.3. The molecule has 2 aromatic rings. The topological polar surface area (TPSA) is 170 Å². The summed E-state index contributed by atoms with van der Waals surface area (Å²) in [6.45, 7) is -0.501. The summed E-state index contributed by atoms with van der Waals surface area (Å²) in [6, 6.07) is 1.58. The van der Waals surface area contributed by atoms with Gasteiger partial charge in [-0.1, -0.05) is 0 Å². The first-order valence-corrected chi connectivity index (χ1v) is 6.52. The van der Waals surface area contributed by atoms with Gasteiger partial charge in [0, 0.05) is 6.20 Å². The number of ether oxygens (including phenoxy) is 1. The van der Waals surface area contributed by atoms with Gasteiger partial charge in [0.15, 0.2) is 11.7 Å². The van der Waals surface area contributed by atoms with E-state index >= 15 is 0 Å². The van der Waals surface area contributed by atoms with Crippen molar-refractivity contribution in [2.24, 2.45) is 5.73 Å². The van der Waals surface area contributed by atoms with Gasteiger partial charge < -0.3 is 30.8 Å². The molecule has 0 aliphatic carbocycles. The Morgan fingerprint density at radius 1 is 1.50 bits per heavy atom. The van der Waals surface area contributed by atoms with Crippen LogP contribution in [0.15, 0.2) is 12.3 Å². The van der Waals surface area contributed by atoms with E-state index in [9.17, 15) is 15.0 Å². The van der Waals surface area contributed by atoms with E-state index in [1.807, 2.05) is 0 Å². The van der Waals surface area contributed by atoms with Crippen molar-refractivity contribution in [2.45, 2.75) is 24.5 Å². The maximum absolute atomic E-state index is 11.6. The molecule has 3 heterocycles. The normalized spacial score (nSPS) is 28.3. The number of fused-ring (bicyclic) bond motifs is 1. The predicted molar refractivity (Wildman–Crippen MR) is 71.5 cm³/mol. The zero-order valence-corrected chi connectivity index (χ0v) is 11.3. The Morgan fingerprint density at radius 3 is 2.82 bits per heavy atom. The average Bonchev–Trinajstić information content (AvgIpc) is 3.07. The Labute approximate surface area is 123 Å². The van der Waals surface area contributed by atoms with E-state index in [1.54, 1.807) is 6.07 Å². The molecule has 1 aliphatic heterocycles. The number of carbonyl (C=O) groups excluding carboxylic acids is 1. The van der Waals surface area contributed by atoms with Gasteiger partial charge in [0.25, 0.3) is 5.91 Å².